The molecule has 2 rings (SSSR count). The maximum absolute atomic E-state index is 11.9. The molecule has 0 bridgehead atoms. The lowest BCUT2D eigenvalue weighted by Crippen LogP contribution is -2.49. The van der Waals surface area contributed by atoms with Crippen molar-refractivity contribution in [3.63, 3.8) is 0 Å². The summed E-state index contributed by atoms with van der Waals surface area (Å²) in [6, 6.07) is 8.99. The van der Waals surface area contributed by atoms with Crippen LogP contribution in [0.25, 0.3) is 0 Å². The molecule has 0 saturated heterocycles. The van der Waals surface area contributed by atoms with Gasteiger partial charge in [-0.25, -0.2) is 0 Å². The Bertz CT molecular complexity index is 464. The van der Waals surface area contributed by atoms with Gasteiger partial charge in [0.2, 0.25) is 5.91 Å². The van der Waals surface area contributed by atoms with Crippen molar-refractivity contribution in [1.29, 1.82) is 0 Å². The second-order valence-corrected chi connectivity index (χ2v) is 5.48. The van der Waals surface area contributed by atoms with E-state index in [1.165, 1.54) is 0 Å². The third-order valence-electron chi connectivity index (χ3n) is 3.94. The van der Waals surface area contributed by atoms with Gasteiger partial charge in [0.1, 0.15) is 0 Å². The number of amides is 1. The molecule has 0 radical (unpaired) electrons. The van der Waals surface area contributed by atoms with Crippen LogP contribution in [0, 0.1) is 0 Å². The SMILES string of the molecule is O=C(CCC(=O)c1ccccc1)NC1(CO)CCCC1. The van der Waals surface area contributed by atoms with Crippen LogP contribution in [0.15, 0.2) is 30.3 Å². The van der Waals surface area contributed by atoms with Gasteiger partial charge in [-0.1, -0.05) is 43.2 Å². The molecule has 0 aromatic heterocycles. The van der Waals surface area contributed by atoms with Gasteiger partial charge in [-0.3, -0.25) is 9.59 Å². The highest BCUT2D eigenvalue weighted by atomic mass is 16.3. The molecule has 1 aromatic rings. The van der Waals surface area contributed by atoms with Gasteiger partial charge < -0.3 is 10.4 Å². The van der Waals surface area contributed by atoms with Crippen LogP contribution in [-0.4, -0.2) is 28.9 Å². The average molecular weight is 275 g/mol. The first-order chi connectivity index (χ1) is 9.65. The Morgan fingerprint density at radius 2 is 1.75 bits per heavy atom. The van der Waals surface area contributed by atoms with Crippen LogP contribution in [0.4, 0.5) is 0 Å². The molecule has 0 unspecified atom stereocenters. The molecule has 4 heteroatoms. The highest BCUT2D eigenvalue weighted by molar-refractivity contribution is 5.97. The number of nitrogens with one attached hydrogen (secondary N) is 1. The minimum absolute atomic E-state index is 0.0224. The largest absolute Gasteiger partial charge is 0.394 e. The van der Waals surface area contributed by atoms with Gasteiger partial charge in [-0.05, 0) is 12.8 Å². The number of carbonyl (C=O) groups excluding carboxylic acids is 2. The van der Waals surface area contributed by atoms with E-state index in [1.54, 1.807) is 12.1 Å². The van der Waals surface area contributed by atoms with E-state index in [9.17, 15) is 14.7 Å². The summed E-state index contributed by atoms with van der Waals surface area (Å²) in [5.74, 6) is -0.171. The van der Waals surface area contributed by atoms with Gasteiger partial charge in [0.05, 0.1) is 12.1 Å². The standard InChI is InChI=1S/C16H21NO3/c18-12-16(10-4-5-11-16)17-15(20)9-8-14(19)13-6-2-1-3-7-13/h1-3,6-7,18H,4-5,8-12H2,(H,17,20). The van der Waals surface area contributed by atoms with Crippen molar-refractivity contribution in [3.8, 4) is 0 Å². The van der Waals surface area contributed by atoms with Crippen molar-refractivity contribution in [2.24, 2.45) is 0 Å². The fourth-order valence-electron chi connectivity index (χ4n) is 2.73. The maximum Gasteiger partial charge on any atom is 0.220 e. The van der Waals surface area contributed by atoms with Crippen molar-refractivity contribution >= 4 is 11.7 Å². The van der Waals surface area contributed by atoms with E-state index in [0.29, 0.717) is 5.56 Å². The minimum atomic E-state index is -0.452. The molecule has 1 fully saturated rings. The lowest BCUT2D eigenvalue weighted by atomic mass is 9.98. The van der Waals surface area contributed by atoms with Crippen LogP contribution in [0.3, 0.4) is 0 Å². The minimum Gasteiger partial charge on any atom is -0.394 e. The summed E-state index contributed by atoms with van der Waals surface area (Å²) in [4.78, 5) is 23.8. The molecule has 1 aliphatic rings. The number of rotatable bonds is 6. The Morgan fingerprint density at radius 3 is 2.35 bits per heavy atom. The second kappa shape index (κ2) is 6.66. The molecule has 1 aromatic carbocycles. The van der Waals surface area contributed by atoms with Crippen molar-refractivity contribution in [1.82, 2.24) is 5.32 Å². The van der Waals surface area contributed by atoms with Gasteiger partial charge in [0.15, 0.2) is 5.78 Å². The monoisotopic (exact) mass is 275 g/mol. The molecule has 1 amide bonds. The summed E-state index contributed by atoms with van der Waals surface area (Å²) >= 11 is 0. The smallest absolute Gasteiger partial charge is 0.220 e. The molecule has 0 heterocycles. The summed E-state index contributed by atoms with van der Waals surface area (Å²) in [6.07, 6.45) is 4.09. The first-order valence-electron chi connectivity index (χ1n) is 7.15. The highest BCUT2D eigenvalue weighted by Crippen LogP contribution is 2.29. The van der Waals surface area contributed by atoms with Gasteiger partial charge in [0, 0.05) is 18.4 Å². The molecule has 4 nitrogen and oxygen atoms in total. The highest BCUT2D eigenvalue weighted by Gasteiger charge is 2.34. The van der Waals surface area contributed by atoms with E-state index in [1.807, 2.05) is 18.2 Å². The van der Waals surface area contributed by atoms with Crippen LogP contribution >= 0.6 is 0 Å². The topological polar surface area (TPSA) is 66.4 Å². The van der Waals surface area contributed by atoms with E-state index < -0.39 is 5.54 Å². The number of ketones is 1. The molecule has 20 heavy (non-hydrogen) atoms. The van der Waals surface area contributed by atoms with Crippen molar-refractivity contribution in [3.05, 3.63) is 35.9 Å². The Morgan fingerprint density at radius 1 is 1.10 bits per heavy atom. The predicted molar refractivity (Wildman–Crippen MR) is 76.4 cm³/mol. The molecule has 0 atom stereocenters. The average Bonchev–Trinajstić information content (AvgIpc) is 2.95. The van der Waals surface area contributed by atoms with Gasteiger partial charge >= 0.3 is 0 Å². The fourth-order valence-corrected chi connectivity index (χ4v) is 2.73. The Hall–Kier alpha value is -1.68. The summed E-state index contributed by atoms with van der Waals surface area (Å²) in [6.45, 7) is -0.0224. The molecule has 1 saturated carbocycles. The number of Topliss-reactive ketones (excluding diaryl/α,β-unsaturated/α-hetero) is 1. The molecule has 2 N–H and O–H groups in total. The number of carbonyl (C=O) groups is 2. The van der Waals surface area contributed by atoms with Gasteiger partial charge in [0.25, 0.3) is 0 Å². The van der Waals surface area contributed by atoms with Gasteiger partial charge in [-0.15, -0.1) is 0 Å². The fraction of sp³-hybridized carbons (Fsp3) is 0.500. The molecular formula is C16H21NO3. The van der Waals surface area contributed by atoms with Crippen LogP contribution in [0.1, 0.15) is 48.9 Å². The Kier molecular flexibility index (Phi) is 4.90. The first kappa shape index (κ1) is 14.7. The second-order valence-electron chi connectivity index (χ2n) is 5.48. The number of aliphatic hydroxyl groups is 1. The normalized spacial score (nSPS) is 16.9. The third kappa shape index (κ3) is 3.67. The first-order valence-corrected chi connectivity index (χ1v) is 7.15. The van der Waals surface area contributed by atoms with E-state index in [2.05, 4.69) is 5.32 Å². The van der Waals surface area contributed by atoms with Crippen molar-refractivity contribution in [2.45, 2.75) is 44.1 Å². The number of hydrogen-bond acceptors (Lipinski definition) is 3. The molecule has 1 aliphatic carbocycles. The zero-order valence-corrected chi connectivity index (χ0v) is 11.6. The third-order valence-corrected chi connectivity index (χ3v) is 3.94. The molecule has 0 spiro atoms. The van der Waals surface area contributed by atoms with Crippen molar-refractivity contribution < 1.29 is 14.7 Å². The summed E-state index contributed by atoms with van der Waals surface area (Å²) in [5.41, 5.74) is 0.186. The van der Waals surface area contributed by atoms with E-state index in [4.69, 9.17) is 0 Å². The number of hydrogen-bond donors (Lipinski definition) is 2. The predicted octanol–water partition coefficient (Wildman–Crippen LogP) is 2.07. The summed E-state index contributed by atoms with van der Waals surface area (Å²) in [7, 11) is 0. The number of benzene rings is 1. The van der Waals surface area contributed by atoms with Crippen LogP contribution < -0.4 is 5.32 Å². The van der Waals surface area contributed by atoms with Crippen LogP contribution in [-0.2, 0) is 4.79 Å². The van der Waals surface area contributed by atoms with Gasteiger partial charge in [-0.2, -0.15) is 0 Å². The Balaban J connectivity index is 1.82. The molecule has 0 aliphatic heterocycles. The van der Waals surface area contributed by atoms with E-state index in [0.717, 1.165) is 25.7 Å². The zero-order chi connectivity index (χ0) is 14.4. The lowest BCUT2D eigenvalue weighted by molar-refractivity contribution is -0.123. The molecule has 108 valence electrons. The van der Waals surface area contributed by atoms with E-state index in [-0.39, 0.29) is 31.1 Å². The lowest BCUT2D eigenvalue weighted by Gasteiger charge is -2.27. The molecular weight excluding hydrogens is 254 g/mol. The van der Waals surface area contributed by atoms with Crippen molar-refractivity contribution in [2.75, 3.05) is 6.61 Å². The quantitative estimate of drug-likeness (QED) is 0.781. The van der Waals surface area contributed by atoms with E-state index >= 15 is 0 Å². The zero-order valence-electron chi connectivity index (χ0n) is 11.6. The number of aliphatic hydroxyl groups excluding tert-OH is 1. The summed E-state index contributed by atoms with van der Waals surface area (Å²) in [5, 5.41) is 12.3. The maximum atomic E-state index is 11.9. The summed E-state index contributed by atoms with van der Waals surface area (Å²) < 4.78 is 0. The van der Waals surface area contributed by atoms with Crippen LogP contribution in [0.5, 0.6) is 0 Å². The van der Waals surface area contributed by atoms with Crippen LogP contribution in [0.2, 0.25) is 0 Å². The Labute approximate surface area is 119 Å².